The van der Waals surface area contributed by atoms with E-state index in [1.807, 2.05) is 18.2 Å². The van der Waals surface area contributed by atoms with E-state index < -0.39 is 0 Å². The third kappa shape index (κ3) is 3.32. The van der Waals surface area contributed by atoms with E-state index in [1.165, 1.54) is 32.1 Å². The average molecular weight is 360 g/mol. The Morgan fingerprint density at radius 1 is 1.25 bits per heavy atom. The van der Waals surface area contributed by atoms with Crippen molar-refractivity contribution in [3.63, 3.8) is 0 Å². The Morgan fingerprint density at radius 2 is 2.05 bits per heavy atom. The summed E-state index contributed by atoms with van der Waals surface area (Å²) in [6.45, 7) is 0.802. The second kappa shape index (κ2) is 6.25. The first-order valence-corrected chi connectivity index (χ1v) is 8.60. The van der Waals surface area contributed by atoms with Crippen molar-refractivity contribution in [1.29, 1.82) is 0 Å². The molecule has 0 N–H and O–H groups in total. The first-order valence-electron chi connectivity index (χ1n) is 7.43. The van der Waals surface area contributed by atoms with Crippen molar-refractivity contribution in [1.82, 2.24) is 0 Å². The van der Waals surface area contributed by atoms with Crippen molar-refractivity contribution in [2.45, 2.75) is 56.7 Å². The monoisotopic (exact) mass is 358 g/mol. The highest BCUT2D eigenvalue weighted by molar-refractivity contribution is 9.10. The standard InChI is InChI=1S/C16H20BrClO2/c17-12-4-5-14(18)15(10-12)20-13-6-9-19-16(11-13)7-2-1-3-8-16/h4-5,10,13H,1-3,6-9,11H2. The second-order valence-electron chi connectivity index (χ2n) is 5.90. The number of hydrogen-bond donors (Lipinski definition) is 0. The van der Waals surface area contributed by atoms with Crippen LogP contribution < -0.4 is 4.74 Å². The zero-order valence-electron chi connectivity index (χ0n) is 11.5. The fourth-order valence-corrected chi connectivity index (χ4v) is 3.88. The second-order valence-corrected chi connectivity index (χ2v) is 7.22. The molecule has 1 saturated heterocycles. The topological polar surface area (TPSA) is 18.5 Å². The third-order valence-electron chi connectivity index (χ3n) is 4.40. The van der Waals surface area contributed by atoms with Crippen LogP contribution >= 0.6 is 27.5 Å². The lowest BCUT2D eigenvalue weighted by Crippen LogP contribution is -2.45. The number of ether oxygens (including phenoxy) is 2. The SMILES string of the molecule is Clc1ccc(Br)cc1OC1CCOC2(CCCCC2)C1. The largest absolute Gasteiger partial charge is 0.489 e. The van der Waals surface area contributed by atoms with Crippen LogP contribution in [0.15, 0.2) is 22.7 Å². The van der Waals surface area contributed by atoms with Gasteiger partial charge in [-0.05, 0) is 31.0 Å². The van der Waals surface area contributed by atoms with Crippen molar-refractivity contribution >= 4 is 27.5 Å². The van der Waals surface area contributed by atoms with Gasteiger partial charge in [-0.2, -0.15) is 0 Å². The molecule has 0 bridgehead atoms. The van der Waals surface area contributed by atoms with Crippen LogP contribution in [-0.4, -0.2) is 18.3 Å². The molecule has 2 fully saturated rings. The smallest absolute Gasteiger partial charge is 0.139 e. The summed E-state index contributed by atoms with van der Waals surface area (Å²) in [5.74, 6) is 0.777. The van der Waals surface area contributed by atoms with Crippen molar-refractivity contribution in [2.75, 3.05) is 6.61 Å². The van der Waals surface area contributed by atoms with E-state index in [-0.39, 0.29) is 11.7 Å². The Balaban J connectivity index is 1.69. The summed E-state index contributed by atoms with van der Waals surface area (Å²) in [6, 6.07) is 5.75. The van der Waals surface area contributed by atoms with Crippen molar-refractivity contribution < 1.29 is 9.47 Å². The molecule has 110 valence electrons. The zero-order chi connectivity index (χ0) is 14.0. The predicted octanol–water partition coefficient (Wildman–Crippen LogP) is 5.36. The minimum atomic E-state index is 0.0691. The molecule has 1 aliphatic heterocycles. The molecule has 1 aliphatic carbocycles. The maximum Gasteiger partial charge on any atom is 0.139 e. The molecule has 3 rings (SSSR count). The molecule has 1 spiro atoms. The first-order chi connectivity index (χ1) is 9.67. The molecular weight excluding hydrogens is 340 g/mol. The molecule has 2 aliphatic rings. The number of rotatable bonds is 2. The molecule has 0 aromatic heterocycles. The van der Waals surface area contributed by atoms with Gasteiger partial charge in [-0.15, -0.1) is 0 Å². The quantitative estimate of drug-likeness (QED) is 0.707. The Labute approximate surface area is 133 Å². The Kier molecular flexibility index (Phi) is 4.58. The summed E-state index contributed by atoms with van der Waals surface area (Å²) in [6.07, 6.45) is 8.43. The molecule has 4 heteroatoms. The molecule has 1 atom stereocenters. The highest BCUT2D eigenvalue weighted by Gasteiger charge is 2.39. The van der Waals surface area contributed by atoms with E-state index in [0.29, 0.717) is 5.02 Å². The van der Waals surface area contributed by atoms with E-state index in [9.17, 15) is 0 Å². The van der Waals surface area contributed by atoms with Crippen LogP contribution in [-0.2, 0) is 4.74 Å². The Bertz CT molecular complexity index is 466. The Hall–Kier alpha value is -0.250. The van der Waals surface area contributed by atoms with Gasteiger partial charge in [0, 0.05) is 17.3 Å². The molecule has 2 nitrogen and oxygen atoms in total. The summed E-state index contributed by atoms with van der Waals surface area (Å²) in [5, 5.41) is 0.678. The van der Waals surface area contributed by atoms with Gasteiger partial charge in [0.2, 0.25) is 0 Å². The molecule has 1 saturated carbocycles. The van der Waals surface area contributed by atoms with Crippen LogP contribution in [0.5, 0.6) is 5.75 Å². The van der Waals surface area contributed by atoms with Crippen LogP contribution in [0.1, 0.15) is 44.9 Å². The van der Waals surface area contributed by atoms with E-state index in [4.69, 9.17) is 21.1 Å². The van der Waals surface area contributed by atoms with Gasteiger partial charge < -0.3 is 9.47 Å². The summed E-state index contributed by atoms with van der Waals surface area (Å²) in [7, 11) is 0. The maximum atomic E-state index is 6.22. The first kappa shape index (κ1) is 14.7. The van der Waals surface area contributed by atoms with E-state index in [2.05, 4.69) is 15.9 Å². The fraction of sp³-hybridized carbons (Fsp3) is 0.625. The minimum absolute atomic E-state index is 0.0691. The van der Waals surface area contributed by atoms with Gasteiger partial charge in [0.15, 0.2) is 0 Å². The van der Waals surface area contributed by atoms with Crippen LogP contribution in [0, 0.1) is 0 Å². The lowest BCUT2D eigenvalue weighted by atomic mass is 9.79. The summed E-state index contributed by atoms with van der Waals surface area (Å²) < 4.78 is 13.3. The molecule has 0 amide bonds. The fourth-order valence-electron chi connectivity index (χ4n) is 3.38. The van der Waals surface area contributed by atoms with Crippen molar-refractivity contribution in [2.24, 2.45) is 0 Å². The maximum absolute atomic E-state index is 6.22. The van der Waals surface area contributed by atoms with Gasteiger partial charge in [0.1, 0.15) is 11.9 Å². The minimum Gasteiger partial charge on any atom is -0.489 e. The Morgan fingerprint density at radius 3 is 2.85 bits per heavy atom. The highest BCUT2D eigenvalue weighted by atomic mass is 79.9. The van der Waals surface area contributed by atoms with Crippen LogP contribution in [0.2, 0.25) is 5.02 Å². The average Bonchev–Trinajstić information content (AvgIpc) is 2.44. The lowest BCUT2D eigenvalue weighted by molar-refractivity contribution is -0.129. The highest BCUT2D eigenvalue weighted by Crippen LogP contribution is 2.40. The van der Waals surface area contributed by atoms with E-state index in [1.54, 1.807) is 0 Å². The van der Waals surface area contributed by atoms with Gasteiger partial charge >= 0.3 is 0 Å². The molecule has 1 unspecified atom stereocenters. The van der Waals surface area contributed by atoms with Crippen molar-refractivity contribution in [3.8, 4) is 5.75 Å². The number of halogens is 2. The predicted molar refractivity (Wildman–Crippen MR) is 84.6 cm³/mol. The third-order valence-corrected chi connectivity index (χ3v) is 5.20. The van der Waals surface area contributed by atoms with Gasteiger partial charge in [-0.3, -0.25) is 0 Å². The lowest BCUT2D eigenvalue weighted by Gasteiger charge is -2.43. The van der Waals surface area contributed by atoms with Gasteiger partial charge in [-0.25, -0.2) is 0 Å². The number of hydrogen-bond acceptors (Lipinski definition) is 2. The van der Waals surface area contributed by atoms with Crippen LogP contribution in [0.3, 0.4) is 0 Å². The van der Waals surface area contributed by atoms with Crippen LogP contribution in [0.25, 0.3) is 0 Å². The molecule has 0 radical (unpaired) electrons. The van der Waals surface area contributed by atoms with E-state index in [0.717, 1.165) is 29.7 Å². The van der Waals surface area contributed by atoms with E-state index >= 15 is 0 Å². The molecule has 1 heterocycles. The van der Waals surface area contributed by atoms with Crippen molar-refractivity contribution in [3.05, 3.63) is 27.7 Å². The van der Waals surface area contributed by atoms with Gasteiger partial charge in [0.05, 0.1) is 17.2 Å². The number of benzene rings is 1. The van der Waals surface area contributed by atoms with Gasteiger partial charge in [-0.1, -0.05) is 46.8 Å². The molecule has 1 aromatic rings. The summed E-state index contributed by atoms with van der Waals surface area (Å²) in [4.78, 5) is 0. The molecule has 1 aromatic carbocycles. The summed E-state index contributed by atoms with van der Waals surface area (Å²) >= 11 is 9.68. The van der Waals surface area contributed by atoms with Crippen LogP contribution in [0.4, 0.5) is 0 Å². The van der Waals surface area contributed by atoms with Gasteiger partial charge in [0.25, 0.3) is 0 Å². The summed E-state index contributed by atoms with van der Waals surface area (Å²) in [5.41, 5.74) is 0.0691. The normalized spacial score (nSPS) is 25.6. The molecular formula is C16H20BrClO2. The molecule has 20 heavy (non-hydrogen) atoms. The zero-order valence-corrected chi connectivity index (χ0v) is 13.9.